The molecule has 5 heteroatoms. The maximum Gasteiger partial charge on any atom is 0.555 e. The fourth-order valence-electron chi connectivity index (χ4n) is 1.32. The first-order valence-electron chi connectivity index (χ1n) is 5.63. The first-order chi connectivity index (χ1) is 6.54. The Kier molecular flexibility index (Phi) is 3.42. The van der Waals surface area contributed by atoms with Crippen LogP contribution in [0.1, 0.15) is 27.7 Å². The van der Waals surface area contributed by atoms with Crippen LogP contribution in [0.3, 0.4) is 0 Å². The molecule has 1 aliphatic rings. The van der Waals surface area contributed by atoms with E-state index in [1.807, 2.05) is 0 Å². The van der Waals surface area contributed by atoms with Crippen molar-refractivity contribution in [2.75, 3.05) is 6.17 Å². The molecule has 1 aliphatic heterocycles. The molecule has 0 atom stereocenters. The summed E-state index contributed by atoms with van der Waals surface area (Å²) in [6.45, 7) is 15.3. The highest BCUT2D eigenvalue weighted by atomic mass is 28.3. The van der Waals surface area contributed by atoms with E-state index in [9.17, 15) is 0 Å². The van der Waals surface area contributed by atoms with Gasteiger partial charge in [0.25, 0.3) is 0 Å². The zero-order chi connectivity index (χ0) is 11.9. The quantitative estimate of drug-likeness (QED) is 0.751. The van der Waals surface area contributed by atoms with Crippen molar-refractivity contribution in [1.82, 2.24) is 5.23 Å². The third-order valence-corrected chi connectivity index (χ3v) is 4.32. The minimum absolute atomic E-state index is 0.232. The summed E-state index contributed by atoms with van der Waals surface area (Å²) >= 11 is 0. The van der Waals surface area contributed by atoms with Crippen molar-refractivity contribution in [2.45, 2.75) is 58.5 Å². The smallest absolute Gasteiger partial charge is 0.389 e. The monoisotopic (exact) mass is 229 g/mol. The fourth-order valence-corrected chi connectivity index (χ4v) is 2.09. The summed E-state index contributed by atoms with van der Waals surface area (Å²) in [7, 11) is -1.34. The summed E-state index contributed by atoms with van der Waals surface area (Å²) in [6, 6.07) is 0. The fraction of sp³-hybridized carbons (Fsp3) is 1.00. The van der Waals surface area contributed by atoms with Gasteiger partial charge in [0.15, 0.2) is 0 Å². The SMILES string of the molecule is CC1(C)OB(NC[Si](C)(C)C)OC1(C)C. The molecule has 0 unspecified atom stereocenters. The summed E-state index contributed by atoms with van der Waals surface area (Å²) < 4.78 is 11.7. The van der Waals surface area contributed by atoms with Crippen molar-refractivity contribution in [3.63, 3.8) is 0 Å². The molecule has 0 saturated carbocycles. The van der Waals surface area contributed by atoms with E-state index in [0.717, 1.165) is 6.17 Å². The Labute approximate surface area is 95.1 Å². The van der Waals surface area contributed by atoms with Gasteiger partial charge in [0.1, 0.15) is 0 Å². The van der Waals surface area contributed by atoms with Crippen LogP contribution < -0.4 is 5.23 Å². The molecular formula is C10H24BNO2Si. The summed E-state index contributed by atoms with van der Waals surface area (Å²) in [5, 5.41) is 3.35. The lowest BCUT2D eigenvalue weighted by atomic mass is 9.90. The van der Waals surface area contributed by atoms with Crippen LogP contribution in [0.4, 0.5) is 0 Å². The molecule has 0 radical (unpaired) electrons. The Bertz CT molecular complexity index is 222. The van der Waals surface area contributed by atoms with E-state index in [4.69, 9.17) is 9.31 Å². The average Bonchev–Trinajstić information content (AvgIpc) is 2.16. The van der Waals surface area contributed by atoms with Gasteiger partial charge in [-0.25, -0.2) is 0 Å². The van der Waals surface area contributed by atoms with Gasteiger partial charge < -0.3 is 14.5 Å². The number of hydrogen-bond acceptors (Lipinski definition) is 3. The van der Waals surface area contributed by atoms with E-state index in [0.29, 0.717) is 0 Å². The van der Waals surface area contributed by atoms with E-state index in [-0.39, 0.29) is 18.5 Å². The molecular weight excluding hydrogens is 205 g/mol. The molecule has 0 aromatic rings. The highest BCUT2D eigenvalue weighted by Crippen LogP contribution is 2.35. The van der Waals surface area contributed by atoms with Gasteiger partial charge in [0, 0.05) is 0 Å². The Balaban J connectivity index is 2.50. The Hall–Kier alpha value is 0.162. The molecule has 15 heavy (non-hydrogen) atoms. The minimum atomic E-state index is -1.09. The normalized spacial score (nSPS) is 24.6. The Morgan fingerprint density at radius 1 is 1.00 bits per heavy atom. The van der Waals surface area contributed by atoms with Gasteiger partial charge in [-0.15, -0.1) is 0 Å². The molecule has 0 spiro atoms. The maximum atomic E-state index is 5.85. The standard InChI is InChI=1S/C10H24BNO2Si/c1-9(2)10(3,4)14-11(13-9)12-8-15(5,6)7/h12H,8H2,1-7H3. The van der Waals surface area contributed by atoms with Crippen molar-refractivity contribution in [3.05, 3.63) is 0 Å². The second kappa shape index (κ2) is 3.87. The van der Waals surface area contributed by atoms with Gasteiger partial charge in [-0.3, -0.25) is 0 Å². The molecule has 1 saturated heterocycles. The van der Waals surface area contributed by atoms with Crippen molar-refractivity contribution in [2.24, 2.45) is 0 Å². The summed E-state index contributed by atoms with van der Waals surface area (Å²) in [6.07, 6.45) is 1.02. The molecule has 0 bridgehead atoms. The van der Waals surface area contributed by atoms with E-state index in [2.05, 4.69) is 52.6 Å². The minimum Gasteiger partial charge on any atom is -0.389 e. The van der Waals surface area contributed by atoms with Crippen LogP contribution in [0.15, 0.2) is 0 Å². The van der Waals surface area contributed by atoms with Gasteiger partial charge in [0.05, 0.1) is 19.3 Å². The molecule has 3 nitrogen and oxygen atoms in total. The molecule has 1 N–H and O–H groups in total. The van der Waals surface area contributed by atoms with Crippen LogP contribution in [-0.2, 0) is 9.31 Å². The predicted molar refractivity (Wildman–Crippen MR) is 67.4 cm³/mol. The summed E-state index contributed by atoms with van der Waals surface area (Å²) in [5.41, 5.74) is -0.464. The summed E-state index contributed by atoms with van der Waals surface area (Å²) in [4.78, 5) is 0. The molecule has 0 aliphatic carbocycles. The zero-order valence-corrected chi connectivity index (χ0v) is 12.1. The van der Waals surface area contributed by atoms with E-state index < -0.39 is 8.07 Å². The molecule has 0 amide bonds. The summed E-state index contributed by atoms with van der Waals surface area (Å²) in [5.74, 6) is 0. The molecule has 0 aromatic heterocycles. The van der Waals surface area contributed by atoms with Crippen LogP contribution in [-0.4, -0.2) is 32.7 Å². The first-order valence-corrected chi connectivity index (χ1v) is 9.33. The predicted octanol–water partition coefficient (Wildman–Crippen LogP) is 2.04. The second-order valence-electron chi connectivity index (χ2n) is 6.53. The number of hydrogen-bond donors (Lipinski definition) is 1. The lowest BCUT2D eigenvalue weighted by Gasteiger charge is -2.32. The number of rotatable bonds is 3. The van der Waals surface area contributed by atoms with Crippen LogP contribution in [0.25, 0.3) is 0 Å². The van der Waals surface area contributed by atoms with Crippen molar-refractivity contribution < 1.29 is 9.31 Å². The molecule has 1 heterocycles. The largest absolute Gasteiger partial charge is 0.555 e. The van der Waals surface area contributed by atoms with E-state index in [1.54, 1.807) is 0 Å². The van der Waals surface area contributed by atoms with Crippen LogP contribution in [0.2, 0.25) is 19.6 Å². The van der Waals surface area contributed by atoms with Crippen molar-refractivity contribution in [1.29, 1.82) is 0 Å². The Morgan fingerprint density at radius 3 is 1.73 bits per heavy atom. The lowest BCUT2D eigenvalue weighted by molar-refractivity contribution is 0.00578. The molecule has 88 valence electrons. The molecule has 1 rings (SSSR count). The highest BCUT2D eigenvalue weighted by molar-refractivity contribution is 6.76. The molecule has 1 fully saturated rings. The number of nitrogens with one attached hydrogen (secondary N) is 1. The Morgan fingerprint density at radius 2 is 1.40 bits per heavy atom. The maximum absolute atomic E-state index is 5.85. The van der Waals surface area contributed by atoms with Gasteiger partial charge in [0.2, 0.25) is 0 Å². The van der Waals surface area contributed by atoms with Crippen molar-refractivity contribution >= 4 is 15.3 Å². The van der Waals surface area contributed by atoms with Gasteiger partial charge >= 0.3 is 7.25 Å². The van der Waals surface area contributed by atoms with E-state index >= 15 is 0 Å². The average molecular weight is 229 g/mol. The van der Waals surface area contributed by atoms with Crippen molar-refractivity contribution in [3.8, 4) is 0 Å². The van der Waals surface area contributed by atoms with Crippen LogP contribution in [0, 0.1) is 0 Å². The third kappa shape index (κ3) is 3.31. The van der Waals surface area contributed by atoms with Crippen LogP contribution >= 0.6 is 0 Å². The first kappa shape index (κ1) is 13.2. The third-order valence-electron chi connectivity index (χ3n) is 3.05. The van der Waals surface area contributed by atoms with E-state index in [1.165, 1.54) is 0 Å². The van der Waals surface area contributed by atoms with Gasteiger partial charge in [-0.05, 0) is 33.9 Å². The zero-order valence-electron chi connectivity index (χ0n) is 11.1. The lowest BCUT2D eigenvalue weighted by Crippen LogP contribution is -2.46. The second-order valence-corrected chi connectivity index (χ2v) is 12.0. The van der Waals surface area contributed by atoms with Gasteiger partial charge in [-0.1, -0.05) is 19.6 Å². The van der Waals surface area contributed by atoms with Gasteiger partial charge in [-0.2, -0.15) is 0 Å². The highest BCUT2D eigenvalue weighted by Gasteiger charge is 2.51. The van der Waals surface area contributed by atoms with Crippen LogP contribution in [0.5, 0.6) is 0 Å². The topological polar surface area (TPSA) is 30.5 Å². The molecule has 0 aromatic carbocycles.